The third-order valence-corrected chi connectivity index (χ3v) is 5.67. The van der Waals surface area contributed by atoms with E-state index < -0.39 is 12.1 Å². The van der Waals surface area contributed by atoms with E-state index in [4.69, 9.17) is 16.5 Å². The average Bonchev–Trinajstić information content (AvgIpc) is 3.19. The molecule has 0 fully saturated rings. The number of nitrogens with zero attached hydrogens (tertiary/aromatic N) is 1. The predicted octanol–water partition coefficient (Wildman–Crippen LogP) is 4.69. The molecule has 1 heterocycles. The van der Waals surface area contributed by atoms with Gasteiger partial charge in [-0.3, -0.25) is 4.79 Å². The Labute approximate surface area is 178 Å². The van der Waals surface area contributed by atoms with Crippen molar-refractivity contribution < 1.29 is 14.3 Å². The molecule has 0 aliphatic carbocycles. The van der Waals surface area contributed by atoms with Crippen LogP contribution in [0, 0.1) is 0 Å². The molecule has 0 unspecified atom stereocenters. The van der Waals surface area contributed by atoms with E-state index in [0.29, 0.717) is 24.4 Å². The van der Waals surface area contributed by atoms with Gasteiger partial charge in [-0.05, 0) is 48.7 Å². The van der Waals surface area contributed by atoms with Gasteiger partial charge in [0.2, 0.25) is 5.78 Å². The van der Waals surface area contributed by atoms with Gasteiger partial charge in [0.05, 0.1) is 16.3 Å². The molecule has 3 rings (SSSR count). The Balaban J connectivity index is 1.37. The van der Waals surface area contributed by atoms with Gasteiger partial charge in [-0.15, -0.1) is 11.3 Å². The standard InChI is InChI=1S/C21H22ClN3O3S/c22-25-17(19(26)20-24-16-10-4-5-12-18(16)29-20)11-6-7-13-23-21(27)28-14-15-8-2-1-3-9-15/h1-5,8-10,12,17,25H,6-7,11,13-14H2,(H,23,27)/t17-/m0/s1. The Hall–Kier alpha value is -2.48. The number of hydrogen-bond acceptors (Lipinski definition) is 6. The third-order valence-electron chi connectivity index (χ3n) is 4.35. The molecule has 0 aliphatic heterocycles. The summed E-state index contributed by atoms with van der Waals surface area (Å²) in [5.74, 6) is -0.114. The number of nitrogens with one attached hydrogen (secondary N) is 2. The number of fused-ring (bicyclic) bond motifs is 1. The number of carbonyl (C=O) groups excluding carboxylic acids is 2. The number of unbranched alkanes of at least 4 members (excludes halogenated alkanes) is 1. The van der Waals surface area contributed by atoms with Crippen molar-refractivity contribution in [2.24, 2.45) is 0 Å². The Morgan fingerprint density at radius 1 is 1.07 bits per heavy atom. The van der Waals surface area contributed by atoms with Crippen molar-refractivity contribution in [2.75, 3.05) is 6.54 Å². The minimum atomic E-state index is -0.512. The van der Waals surface area contributed by atoms with Crippen molar-refractivity contribution >= 4 is 45.2 Å². The van der Waals surface area contributed by atoms with E-state index in [1.54, 1.807) is 0 Å². The quantitative estimate of drug-likeness (QED) is 0.276. The first-order valence-corrected chi connectivity index (χ1v) is 10.6. The lowest BCUT2D eigenvalue weighted by Crippen LogP contribution is -2.31. The van der Waals surface area contributed by atoms with Gasteiger partial charge in [0.15, 0.2) is 5.01 Å². The van der Waals surface area contributed by atoms with Gasteiger partial charge in [0, 0.05) is 6.54 Å². The van der Waals surface area contributed by atoms with E-state index in [2.05, 4.69) is 15.1 Å². The molecule has 2 aromatic carbocycles. The second kappa shape index (κ2) is 10.9. The van der Waals surface area contributed by atoms with Gasteiger partial charge in [-0.25, -0.2) is 14.6 Å². The molecule has 152 valence electrons. The molecule has 0 aliphatic rings. The van der Waals surface area contributed by atoms with Crippen LogP contribution in [0.25, 0.3) is 10.2 Å². The SMILES string of the molecule is O=C(NCCCC[C@H](NCl)C(=O)c1nc2ccccc2s1)OCc1ccccc1. The first-order valence-electron chi connectivity index (χ1n) is 9.38. The fourth-order valence-corrected chi connectivity index (χ4v) is 3.97. The highest BCUT2D eigenvalue weighted by Gasteiger charge is 2.22. The summed E-state index contributed by atoms with van der Waals surface area (Å²) in [6.07, 6.45) is 1.54. The van der Waals surface area contributed by atoms with E-state index in [1.165, 1.54) is 11.3 Å². The molecule has 1 atom stereocenters. The summed E-state index contributed by atoms with van der Waals surface area (Å²) in [4.78, 5) is 31.3. The van der Waals surface area contributed by atoms with Crippen LogP contribution in [0.3, 0.4) is 0 Å². The summed E-state index contributed by atoms with van der Waals surface area (Å²) in [5, 5.41) is 3.16. The first kappa shape index (κ1) is 21.2. The minimum absolute atomic E-state index is 0.114. The summed E-state index contributed by atoms with van der Waals surface area (Å²) >= 11 is 7.16. The lowest BCUT2D eigenvalue weighted by molar-refractivity contribution is 0.0948. The van der Waals surface area contributed by atoms with Gasteiger partial charge in [-0.1, -0.05) is 42.5 Å². The predicted molar refractivity (Wildman–Crippen MR) is 115 cm³/mol. The van der Waals surface area contributed by atoms with Crippen LogP contribution in [-0.2, 0) is 11.3 Å². The second-order valence-electron chi connectivity index (χ2n) is 6.50. The highest BCUT2D eigenvalue weighted by Crippen LogP contribution is 2.23. The van der Waals surface area contributed by atoms with Crippen LogP contribution in [0.5, 0.6) is 0 Å². The summed E-state index contributed by atoms with van der Waals surface area (Å²) < 4.78 is 6.13. The number of para-hydroxylation sites is 1. The lowest BCUT2D eigenvalue weighted by atomic mass is 10.1. The number of ketones is 1. The van der Waals surface area contributed by atoms with Crippen molar-refractivity contribution in [3.05, 3.63) is 65.2 Å². The van der Waals surface area contributed by atoms with Crippen LogP contribution >= 0.6 is 23.1 Å². The van der Waals surface area contributed by atoms with E-state index in [9.17, 15) is 9.59 Å². The molecule has 8 heteroatoms. The number of aromatic nitrogens is 1. The topological polar surface area (TPSA) is 80.3 Å². The van der Waals surface area contributed by atoms with Gasteiger partial charge >= 0.3 is 6.09 Å². The van der Waals surface area contributed by atoms with Crippen molar-refractivity contribution in [3.63, 3.8) is 0 Å². The smallest absolute Gasteiger partial charge is 0.407 e. The highest BCUT2D eigenvalue weighted by atomic mass is 35.5. The normalized spacial score (nSPS) is 11.9. The van der Waals surface area contributed by atoms with Gasteiger partial charge in [0.25, 0.3) is 0 Å². The zero-order valence-corrected chi connectivity index (χ0v) is 17.3. The number of benzene rings is 2. The van der Waals surface area contributed by atoms with E-state index in [0.717, 1.165) is 22.2 Å². The van der Waals surface area contributed by atoms with Crippen LogP contribution in [-0.4, -0.2) is 29.4 Å². The monoisotopic (exact) mass is 431 g/mol. The number of alkyl carbamates (subject to hydrolysis) is 1. The molecule has 0 saturated carbocycles. The van der Waals surface area contributed by atoms with Crippen LogP contribution in [0.4, 0.5) is 4.79 Å². The summed E-state index contributed by atoms with van der Waals surface area (Å²) in [6.45, 7) is 0.708. The molecule has 6 nitrogen and oxygen atoms in total. The van der Waals surface area contributed by atoms with Crippen molar-refractivity contribution in [3.8, 4) is 0 Å². The molecule has 0 bridgehead atoms. The Bertz CT molecular complexity index is 916. The Morgan fingerprint density at radius 3 is 2.59 bits per heavy atom. The number of carbonyl (C=O) groups is 2. The van der Waals surface area contributed by atoms with E-state index in [1.807, 2.05) is 54.6 Å². The fraction of sp³-hybridized carbons (Fsp3) is 0.286. The van der Waals surface area contributed by atoms with Crippen LogP contribution in [0.1, 0.15) is 34.6 Å². The van der Waals surface area contributed by atoms with Crippen LogP contribution < -0.4 is 10.2 Å². The number of ether oxygens (including phenoxy) is 1. The zero-order valence-electron chi connectivity index (χ0n) is 15.8. The molecule has 2 N–H and O–H groups in total. The molecule has 0 spiro atoms. The molecule has 0 radical (unpaired) electrons. The van der Waals surface area contributed by atoms with E-state index >= 15 is 0 Å². The average molecular weight is 432 g/mol. The maximum atomic E-state index is 12.6. The Kier molecular flexibility index (Phi) is 7.98. The van der Waals surface area contributed by atoms with Gasteiger partial charge in [-0.2, -0.15) is 0 Å². The van der Waals surface area contributed by atoms with Crippen molar-refractivity contribution in [1.29, 1.82) is 0 Å². The van der Waals surface area contributed by atoms with Crippen molar-refractivity contribution in [2.45, 2.75) is 31.9 Å². The number of thiazole rings is 1. The molecule has 1 amide bonds. The number of halogens is 1. The maximum Gasteiger partial charge on any atom is 0.407 e. The fourth-order valence-electron chi connectivity index (χ4n) is 2.80. The number of rotatable bonds is 10. The highest BCUT2D eigenvalue weighted by molar-refractivity contribution is 7.20. The first-order chi connectivity index (χ1) is 14.2. The summed E-state index contributed by atoms with van der Waals surface area (Å²) in [5.41, 5.74) is 1.75. The molecular formula is C21H22ClN3O3S. The maximum absolute atomic E-state index is 12.6. The minimum Gasteiger partial charge on any atom is -0.445 e. The number of Topliss-reactive ketones (excluding diaryl/α,β-unsaturated/α-hetero) is 1. The van der Waals surface area contributed by atoms with Gasteiger partial charge < -0.3 is 10.1 Å². The largest absolute Gasteiger partial charge is 0.445 e. The van der Waals surface area contributed by atoms with Crippen LogP contribution in [0.2, 0.25) is 0 Å². The molecule has 1 aromatic heterocycles. The van der Waals surface area contributed by atoms with Crippen LogP contribution in [0.15, 0.2) is 54.6 Å². The molecule has 29 heavy (non-hydrogen) atoms. The number of amides is 1. The Morgan fingerprint density at radius 2 is 1.83 bits per heavy atom. The molecular weight excluding hydrogens is 410 g/mol. The lowest BCUT2D eigenvalue weighted by Gasteiger charge is -2.12. The second-order valence-corrected chi connectivity index (χ2v) is 7.75. The molecule has 3 aromatic rings. The summed E-state index contributed by atoms with van der Waals surface area (Å²) in [6, 6.07) is 16.6. The van der Waals surface area contributed by atoms with Crippen molar-refractivity contribution in [1.82, 2.24) is 15.1 Å². The van der Waals surface area contributed by atoms with E-state index in [-0.39, 0.29) is 12.4 Å². The third kappa shape index (κ3) is 6.25. The van der Waals surface area contributed by atoms with Gasteiger partial charge in [0.1, 0.15) is 6.61 Å². The zero-order chi connectivity index (χ0) is 20.5. The summed E-state index contributed by atoms with van der Waals surface area (Å²) in [7, 11) is 0. The molecule has 0 saturated heterocycles. The number of hydrogen-bond donors (Lipinski definition) is 2.